The zero-order chi connectivity index (χ0) is 12.0. The lowest BCUT2D eigenvalue weighted by molar-refractivity contribution is -0.131. The summed E-state index contributed by atoms with van der Waals surface area (Å²) in [7, 11) is 1.77. The Hall–Kier alpha value is 0.230. The molecule has 4 heteroatoms. The maximum absolute atomic E-state index is 5.60. The Morgan fingerprint density at radius 3 is 2.81 bits per heavy atom. The predicted octanol–water partition coefficient (Wildman–Crippen LogP) is 1.77. The molecule has 1 aliphatic carbocycles. The van der Waals surface area contributed by atoms with Gasteiger partial charge in [0.25, 0.3) is 0 Å². The van der Waals surface area contributed by atoms with Crippen molar-refractivity contribution in [1.29, 1.82) is 0 Å². The third-order valence-electron chi connectivity index (χ3n) is 3.08. The standard InChI is InChI=1S/C12H25NO2S/c1-5-15-11-6-10(12(11)14-3)13-7-9(2)8-16-4/h9-13H,5-8H2,1-4H3. The number of hydrogen-bond donors (Lipinski definition) is 1. The first-order valence-corrected chi connectivity index (χ1v) is 7.49. The second-order valence-corrected chi connectivity index (χ2v) is 5.42. The lowest BCUT2D eigenvalue weighted by atomic mass is 9.85. The highest BCUT2D eigenvalue weighted by Gasteiger charge is 2.41. The summed E-state index contributed by atoms with van der Waals surface area (Å²) in [5, 5.41) is 3.57. The van der Waals surface area contributed by atoms with E-state index in [2.05, 4.69) is 18.5 Å². The third-order valence-corrected chi connectivity index (χ3v) is 3.98. The van der Waals surface area contributed by atoms with Gasteiger partial charge in [-0.3, -0.25) is 0 Å². The van der Waals surface area contributed by atoms with E-state index in [0.717, 1.165) is 25.5 Å². The monoisotopic (exact) mass is 247 g/mol. The van der Waals surface area contributed by atoms with E-state index in [9.17, 15) is 0 Å². The van der Waals surface area contributed by atoms with Crippen molar-refractivity contribution >= 4 is 11.8 Å². The molecule has 0 radical (unpaired) electrons. The van der Waals surface area contributed by atoms with Crippen LogP contribution in [-0.4, -0.2) is 50.5 Å². The van der Waals surface area contributed by atoms with Gasteiger partial charge >= 0.3 is 0 Å². The highest BCUT2D eigenvalue weighted by Crippen LogP contribution is 2.27. The van der Waals surface area contributed by atoms with Crippen LogP contribution in [0.1, 0.15) is 20.3 Å². The van der Waals surface area contributed by atoms with Gasteiger partial charge in [0.15, 0.2) is 0 Å². The minimum absolute atomic E-state index is 0.237. The average Bonchev–Trinajstić information content (AvgIpc) is 2.23. The van der Waals surface area contributed by atoms with Crippen LogP contribution >= 0.6 is 11.8 Å². The van der Waals surface area contributed by atoms with Gasteiger partial charge in [0.2, 0.25) is 0 Å². The average molecular weight is 247 g/mol. The van der Waals surface area contributed by atoms with Crippen molar-refractivity contribution in [2.24, 2.45) is 5.92 Å². The van der Waals surface area contributed by atoms with Gasteiger partial charge in [-0.05, 0) is 37.8 Å². The highest BCUT2D eigenvalue weighted by atomic mass is 32.2. The molecule has 1 rings (SSSR count). The zero-order valence-corrected chi connectivity index (χ0v) is 11.7. The number of rotatable bonds is 8. The maximum Gasteiger partial charge on any atom is 0.0986 e. The summed E-state index contributed by atoms with van der Waals surface area (Å²) >= 11 is 1.91. The van der Waals surface area contributed by atoms with Crippen LogP contribution in [-0.2, 0) is 9.47 Å². The van der Waals surface area contributed by atoms with Crippen molar-refractivity contribution in [3.05, 3.63) is 0 Å². The number of nitrogens with one attached hydrogen (secondary N) is 1. The molecule has 4 atom stereocenters. The summed E-state index contributed by atoms with van der Waals surface area (Å²) in [6.45, 7) is 6.17. The van der Waals surface area contributed by atoms with Crippen LogP contribution in [0.2, 0.25) is 0 Å². The molecular weight excluding hydrogens is 222 g/mol. The Balaban J connectivity index is 2.19. The fraction of sp³-hybridized carbons (Fsp3) is 1.00. The first-order valence-electron chi connectivity index (χ1n) is 6.09. The van der Waals surface area contributed by atoms with Crippen molar-refractivity contribution in [1.82, 2.24) is 5.32 Å². The van der Waals surface area contributed by atoms with E-state index in [-0.39, 0.29) is 6.10 Å². The summed E-state index contributed by atoms with van der Waals surface area (Å²) in [5.41, 5.74) is 0. The van der Waals surface area contributed by atoms with E-state index in [4.69, 9.17) is 9.47 Å². The summed E-state index contributed by atoms with van der Waals surface area (Å²) in [6, 6.07) is 0.478. The van der Waals surface area contributed by atoms with Crippen LogP contribution in [0, 0.1) is 5.92 Å². The highest BCUT2D eigenvalue weighted by molar-refractivity contribution is 7.98. The van der Waals surface area contributed by atoms with Crippen LogP contribution in [0.25, 0.3) is 0 Å². The Bertz CT molecular complexity index is 192. The van der Waals surface area contributed by atoms with Crippen molar-refractivity contribution in [2.75, 3.05) is 32.3 Å². The molecule has 4 unspecified atom stereocenters. The van der Waals surface area contributed by atoms with Gasteiger partial charge in [-0.2, -0.15) is 11.8 Å². The van der Waals surface area contributed by atoms with Crippen molar-refractivity contribution in [3.63, 3.8) is 0 Å². The SMILES string of the molecule is CCOC1CC(NCC(C)CSC)C1OC. The van der Waals surface area contributed by atoms with Gasteiger partial charge in [-0.25, -0.2) is 0 Å². The van der Waals surface area contributed by atoms with E-state index < -0.39 is 0 Å². The van der Waals surface area contributed by atoms with Gasteiger partial charge < -0.3 is 14.8 Å². The second-order valence-electron chi connectivity index (χ2n) is 4.51. The molecule has 0 aliphatic heterocycles. The Morgan fingerprint density at radius 2 is 2.25 bits per heavy atom. The molecule has 1 saturated carbocycles. The lowest BCUT2D eigenvalue weighted by Gasteiger charge is -2.43. The van der Waals surface area contributed by atoms with Gasteiger partial charge in [-0.15, -0.1) is 0 Å². The Morgan fingerprint density at radius 1 is 1.50 bits per heavy atom. The molecule has 0 aromatic heterocycles. The van der Waals surface area contributed by atoms with Crippen LogP contribution in [0.15, 0.2) is 0 Å². The van der Waals surface area contributed by atoms with E-state index in [1.807, 2.05) is 18.7 Å². The van der Waals surface area contributed by atoms with E-state index in [1.54, 1.807) is 7.11 Å². The Labute approximate surface area is 104 Å². The molecule has 1 fully saturated rings. The number of ether oxygens (including phenoxy) is 2. The quantitative estimate of drug-likeness (QED) is 0.708. The fourth-order valence-electron chi connectivity index (χ4n) is 2.17. The topological polar surface area (TPSA) is 30.5 Å². The Kier molecular flexibility index (Phi) is 6.73. The molecule has 0 amide bonds. The second kappa shape index (κ2) is 7.54. The lowest BCUT2D eigenvalue weighted by Crippen LogP contribution is -2.60. The smallest absolute Gasteiger partial charge is 0.0986 e. The molecule has 0 heterocycles. The molecule has 0 spiro atoms. The molecular formula is C12H25NO2S. The van der Waals surface area contributed by atoms with Crippen LogP contribution in [0.5, 0.6) is 0 Å². The normalized spacial score (nSPS) is 31.1. The maximum atomic E-state index is 5.60. The molecule has 0 bridgehead atoms. The summed E-state index contributed by atoms with van der Waals surface area (Å²) in [5.74, 6) is 1.94. The molecule has 0 aromatic rings. The van der Waals surface area contributed by atoms with E-state index >= 15 is 0 Å². The minimum atomic E-state index is 0.237. The van der Waals surface area contributed by atoms with E-state index in [1.165, 1.54) is 5.75 Å². The number of thioether (sulfide) groups is 1. The van der Waals surface area contributed by atoms with Crippen molar-refractivity contribution in [3.8, 4) is 0 Å². The third kappa shape index (κ3) is 3.91. The molecule has 1 aliphatic rings. The number of methoxy groups -OCH3 is 1. The summed E-state index contributed by atoms with van der Waals surface area (Å²) in [4.78, 5) is 0. The van der Waals surface area contributed by atoms with Crippen LogP contribution in [0.4, 0.5) is 0 Å². The number of hydrogen-bond acceptors (Lipinski definition) is 4. The molecule has 0 saturated heterocycles. The summed E-state index contributed by atoms with van der Waals surface area (Å²) in [6.07, 6.45) is 3.77. The van der Waals surface area contributed by atoms with Gasteiger partial charge in [0, 0.05) is 19.8 Å². The zero-order valence-electron chi connectivity index (χ0n) is 10.9. The molecule has 3 nitrogen and oxygen atoms in total. The first-order chi connectivity index (χ1) is 7.72. The summed E-state index contributed by atoms with van der Waals surface area (Å²) < 4.78 is 11.1. The van der Waals surface area contributed by atoms with Crippen LogP contribution in [0.3, 0.4) is 0 Å². The molecule has 96 valence electrons. The molecule has 16 heavy (non-hydrogen) atoms. The van der Waals surface area contributed by atoms with Crippen molar-refractivity contribution < 1.29 is 9.47 Å². The minimum Gasteiger partial charge on any atom is -0.377 e. The fourth-order valence-corrected chi connectivity index (χ4v) is 2.86. The van der Waals surface area contributed by atoms with Gasteiger partial charge in [0.1, 0.15) is 0 Å². The van der Waals surface area contributed by atoms with Gasteiger partial charge in [0.05, 0.1) is 12.2 Å². The predicted molar refractivity (Wildman–Crippen MR) is 70.2 cm³/mol. The van der Waals surface area contributed by atoms with Gasteiger partial charge in [-0.1, -0.05) is 6.92 Å². The van der Waals surface area contributed by atoms with Crippen molar-refractivity contribution in [2.45, 2.75) is 38.5 Å². The van der Waals surface area contributed by atoms with E-state index in [0.29, 0.717) is 12.1 Å². The molecule has 1 N–H and O–H groups in total. The van der Waals surface area contributed by atoms with Crippen LogP contribution < -0.4 is 5.32 Å². The largest absolute Gasteiger partial charge is 0.377 e. The molecule has 0 aromatic carbocycles. The first kappa shape index (κ1) is 14.3.